The predicted molar refractivity (Wildman–Crippen MR) is 119 cm³/mol. The fraction of sp³-hybridized carbons (Fsp3) is 0.0833. The van der Waals surface area contributed by atoms with Crippen LogP contribution in [0.4, 0.5) is 11.4 Å². The van der Waals surface area contributed by atoms with E-state index in [-0.39, 0.29) is 0 Å². The fourth-order valence-electron chi connectivity index (χ4n) is 2.32. The second kappa shape index (κ2) is 18.2. The van der Waals surface area contributed by atoms with E-state index in [1.54, 1.807) is 19.1 Å². The van der Waals surface area contributed by atoms with E-state index in [2.05, 4.69) is 70.6 Å². The van der Waals surface area contributed by atoms with E-state index in [9.17, 15) is 9.59 Å². The van der Waals surface area contributed by atoms with Gasteiger partial charge < -0.3 is 0 Å². The van der Waals surface area contributed by atoms with Gasteiger partial charge in [-0.15, -0.1) is 0 Å². The lowest BCUT2D eigenvalue weighted by molar-refractivity contribution is 0.562. The molecule has 0 heterocycles. The first kappa shape index (κ1) is 27.2. The van der Waals surface area contributed by atoms with Gasteiger partial charge in [-0.05, 0) is 42.2 Å². The first-order valence-corrected chi connectivity index (χ1v) is 8.98. The number of hydrogen-bond acceptors (Lipinski definition) is 8. The van der Waals surface area contributed by atoms with Crippen LogP contribution < -0.4 is 0 Å². The maximum absolute atomic E-state index is 10.00. The van der Waals surface area contributed by atoms with E-state index in [0.29, 0.717) is 11.4 Å². The third-order valence-electron chi connectivity index (χ3n) is 3.63. The van der Waals surface area contributed by atoms with Gasteiger partial charge in [0.15, 0.2) is 0 Å². The van der Waals surface area contributed by atoms with Gasteiger partial charge in [-0.3, -0.25) is 0 Å². The summed E-state index contributed by atoms with van der Waals surface area (Å²) in [6.45, 7) is 1.80. The molecule has 0 radical (unpaired) electrons. The Kier molecular flexibility index (Phi) is 15.5. The maximum Gasteiger partial charge on any atom is 0.240 e. The molecule has 0 unspecified atom stereocenters. The molecule has 0 aliphatic heterocycles. The summed E-state index contributed by atoms with van der Waals surface area (Å²) >= 11 is 0. The molecule has 8 nitrogen and oxygen atoms in total. The number of isocyanates is 4. The Hall–Kier alpha value is -4.82. The zero-order chi connectivity index (χ0) is 24.0. The molecular formula is C24H20N4O4. The summed E-state index contributed by atoms with van der Waals surface area (Å²) in [6.07, 6.45) is 5.37. The highest BCUT2D eigenvalue weighted by Gasteiger charge is 1.97. The van der Waals surface area contributed by atoms with Gasteiger partial charge in [0, 0.05) is 0 Å². The smallest absolute Gasteiger partial charge is 0.222 e. The van der Waals surface area contributed by atoms with Crippen molar-refractivity contribution < 1.29 is 19.2 Å². The minimum atomic E-state index is 0.426. The number of hydrogen-bond donors (Lipinski definition) is 2. The van der Waals surface area contributed by atoms with Crippen molar-refractivity contribution in [2.45, 2.75) is 13.3 Å². The molecule has 160 valence electrons. The molecule has 3 aromatic carbocycles. The Morgan fingerprint density at radius 2 is 1.12 bits per heavy atom. The zero-order valence-corrected chi connectivity index (χ0v) is 17.2. The molecule has 3 aromatic rings. The van der Waals surface area contributed by atoms with Gasteiger partial charge in [0.2, 0.25) is 24.3 Å². The molecule has 3 rings (SSSR count). The van der Waals surface area contributed by atoms with E-state index < -0.39 is 0 Å². The quantitative estimate of drug-likeness (QED) is 0.445. The maximum atomic E-state index is 10.00. The van der Waals surface area contributed by atoms with Crippen LogP contribution >= 0.6 is 0 Å². The van der Waals surface area contributed by atoms with Crippen molar-refractivity contribution in [1.29, 1.82) is 10.8 Å². The van der Waals surface area contributed by atoms with E-state index >= 15 is 0 Å². The largest absolute Gasteiger partial charge is 0.240 e. The molecule has 0 aliphatic carbocycles. The molecule has 0 spiro atoms. The Balaban J connectivity index is 0.000000483. The van der Waals surface area contributed by atoms with Crippen LogP contribution in [0, 0.1) is 17.7 Å². The van der Waals surface area contributed by atoms with Crippen molar-refractivity contribution in [3.05, 3.63) is 95.6 Å². The van der Waals surface area contributed by atoms with E-state index in [0.717, 1.165) is 24.1 Å². The molecule has 0 bridgehead atoms. The number of benzene rings is 3. The van der Waals surface area contributed by atoms with E-state index in [1.165, 1.54) is 29.4 Å². The van der Waals surface area contributed by atoms with Crippen LogP contribution in [0.25, 0.3) is 0 Å². The molecular weight excluding hydrogens is 408 g/mol. The summed E-state index contributed by atoms with van der Waals surface area (Å²) in [5, 5.41) is 10.8. The van der Waals surface area contributed by atoms with Crippen LogP contribution in [0.2, 0.25) is 0 Å². The highest BCUT2D eigenvalue weighted by molar-refractivity contribution is 5.61. The van der Waals surface area contributed by atoms with Crippen LogP contribution in [0.15, 0.2) is 88.8 Å². The van der Waals surface area contributed by atoms with Crippen molar-refractivity contribution >= 4 is 35.7 Å². The third kappa shape index (κ3) is 12.6. The number of nitrogens with one attached hydrogen (secondary N) is 2. The summed E-state index contributed by atoms with van der Waals surface area (Å²) < 4.78 is 0. The van der Waals surface area contributed by atoms with Crippen LogP contribution in [-0.2, 0) is 25.6 Å². The number of aliphatic imine (C=N–C) groups is 2. The Labute approximate surface area is 185 Å². The highest BCUT2D eigenvalue weighted by Crippen LogP contribution is 2.23. The SMILES string of the molecule is Cc1ccc(N=C=O)cc1N=C=O.N=C=O.N=C=O.c1ccc(Cc2ccccc2)cc1. The summed E-state index contributed by atoms with van der Waals surface area (Å²) in [5.74, 6) is 0. The van der Waals surface area contributed by atoms with E-state index in [4.69, 9.17) is 20.4 Å². The molecule has 0 atom stereocenters. The van der Waals surface area contributed by atoms with Gasteiger partial charge in [-0.25, -0.2) is 30.0 Å². The van der Waals surface area contributed by atoms with Crippen molar-refractivity contribution in [2.75, 3.05) is 0 Å². The molecule has 0 fully saturated rings. The van der Waals surface area contributed by atoms with Gasteiger partial charge in [-0.2, -0.15) is 9.98 Å². The van der Waals surface area contributed by atoms with Gasteiger partial charge in [0.25, 0.3) is 0 Å². The Morgan fingerprint density at radius 1 is 0.688 bits per heavy atom. The monoisotopic (exact) mass is 428 g/mol. The first-order valence-electron chi connectivity index (χ1n) is 8.98. The number of aryl methyl sites for hydroxylation is 1. The molecule has 0 saturated carbocycles. The standard InChI is InChI=1S/C13H12.C9H6N2O2.2CHNO/c1-3-7-12(8-4-1)11-13-9-5-2-6-10-13;1-7-2-3-8(10-5-12)4-9(7)11-6-13;2*2-1-3/h1-10H,11H2;2-4H,1H3;2*2H. The van der Waals surface area contributed by atoms with Crippen molar-refractivity contribution in [2.24, 2.45) is 9.98 Å². The second-order valence-electron chi connectivity index (χ2n) is 5.73. The average molecular weight is 428 g/mol. The third-order valence-corrected chi connectivity index (χ3v) is 3.63. The number of rotatable bonds is 4. The topological polar surface area (TPSA) is 141 Å². The minimum Gasteiger partial charge on any atom is -0.222 e. The highest BCUT2D eigenvalue weighted by atomic mass is 16.1. The summed E-state index contributed by atoms with van der Waals surface area (Å²) in [5.41, 5.74) is 4.46. The Morgan fingerprint density at radius 3 is 1.53 bits per heavy atom. The predicted octanol–water partition coefficient (Wildman–Crippen LogP) is 5.01. The Bertz CT molecular complexity index is 1060. The number of nitrogens with zero attached hydrogens (tertiary/aromatic N) is 2. The normalized spacial score (nSPS) is 7.91. The summed E-state index contributed by atoms with van der Waals surface area (Å²) in [4.78, 5) is 43.5. The molecule has 2 N–H and O–H groups in total. The first-order chi connectivity index (χ1) is 15.6. The van der Waals surface area contributed by atoms with Gasteiger partial charge in [-0.1, -0.05) is 66.7 Å². The molecule has 0 aromatic heterocycles. The molecule has 0 amide bonds. The zero-order valence-electron chi connectivity index (χ0n) is 17.2. The van der Waals surface area contributed by atoms with Gasteiger partial charge >= 0.3 is 0 Å². The molecule has 0 saturated heterocycles. The average Bonchev–Trinajstić information content (AvgIpc) is 2.79. The second-order valence-corrected chi connectivity index (χ2v) is 5.73. The fourth-order valence-corrected chi connectivity index (χ4v) is 2.32. The van der Waals surface area contributed by atoms with Crippen molar-refractivity contribution in [3.8, 4) is 0 Å². The lowest BCUT2D eigenvalue weighted by atomic mass is 10.1. The van der Waals surface area contributed by atoms with Crippen molar-refractivity contribution in [1.82, 2.24) is 0 Å². The van der Waals surface area contributed by atoms with Crippen LogP contribution in [0.5, 0.6) is 0 Å². The van der Waals surface area contributed by atoms with E-state index in [1.807, 2.05) is 0 Å². The van der Waals surface area contributed by atoms with Crippen LogP contribution in [0.3, 0.4) is 0 Å². The van der Waals surface area contributed by atoms with Crippen LogP contribution in [0.1, 0.15) is 16.7 Å². The summed E-state index contributed by atoms with van der Waals surface area (Å²) in [7, 11) is 0. The van der Waals surface area contributed by atoms with Gasteiger partial charge in [0.1, 0.15) is 0 Å². The summed E-state index contributed by atoms with van der Waals surface area (Å²) in [6, 6.07) is 25.9. The van der Waals surface area contributed by atoms with Crippen LogP contribution in [-0.4, -0.2) is 24.3 Å². The lowest BCUT2D eigenvalue weighted by Crippen LogP contribution is -1.85. The van der Waals surface area contributed by atoms with Gasteiger partial charge in [0.05, 0.1) is 11.4 Å². The molecule has 8 heteroatoms. The molecule has 0 aliphatic rings. The van der Waals surface area contributed by atoms with Crippen molar-refractivity contribution in [3.63, 3.8) is 0 Å². The lowest BCUT2D eigenvalue weighted by Gasteiger charge is -2.00. The number of carbonyl (C=O) groups excluding carboxylic acids is 4. The molecule has 32 heavy (non-hydrogen) atoms. The minimum absolute atomic E-state index is 0.426.